The summed E-state index contributed by atoms with van der Waals surface area (Å²) in [6.07, 6.45) is 0.375. The van der Waals surface area contributed by atoms with Crippen molar-refractivity contribution in [3.8, 4) is 5.75 Å². The number of nitrogens with zero attached hydrogens (tertiary/aromatic N) is 3. The van der Waals surface area contributed by atoms with Crippen LogP contribution in [-0.4, -0.2) is 30.3 Å². The maximum absolute atomic E-state index is 13.4. The zero-order valence-corrected chi connectivity index (χ0v) is 21.6. The third-order valence-electron chi connectivity index (χ3n) is 5.58. The molecule has 0 radical (unpaired) electrons. The molecule has 0 amide bonds. The van der Waals surface area contributed by atoms with Crippen LogP contribution < -0.4 is 9.46 Å². The summed E-state index contributed by atoms with van der Waals surface area (Å²) in [5.74, 6) is 1.45. The highest BCUT2D eigenvalue weighted by Gasteiger charge is 2.27. The maximum atomic E-state index is 13.4. The third kappa shape index (κ3) is 6.31. The smallest absolute Gasteiger partial charge is 0.241 e. The predicted octanol–water partition coefficient (Wildman–Crippen LogP) is 5.00. The fourth-order valence-electron chi connectivity index (χ4n) is 3.78. The van der Waals surface area contributed by atoms with E-state index in [1.807, 2.05) is 66.1 Å². The van der Waals surface area contributed by atoms with E-state index in [-0.39, 0.29) is 4.90 Å². The molecule has 0 aliphatic carbocycles. The standard InChI is InChI=1S/C26H27FN4O3S2/c1-3-31-25(28-29-26(31)35-18-20-10-7-11-22(16-20)34-2)24(17-19-8-5-4-6-9-19)30-36(32,33)23-14-12-21(27)13-15-23/h4-16,24,30H,3,17-18H2,1-2H3/t24-/m1/s1. The van der Waals surface area contributed by atoms with Gasteiger partial charge in [-0.1, -0.05) is 54.2 Å². The molecule has 1 N–H and O–H groups in total. The Morgan fingerprint density at radius 2 is 1.72 bits per heavy atom. The van der Waals surface area contributed by atoms with Gasteiger partial charge in [0.25, 0.3) is 0 Å². The van der Waals surface area contributed by atoms with Crippen LogP contribution in [0.25, 0.3) is 0 Å². The summed E-state index contributed by atoms with van der Waals surface area (Å²) < 4.78 is 49.8. The van der Waals surface area contributed by atoms with Crippen molar-refractivity contribution in [1.82, 2.24) is 19.5 Å². The largest absolute Gasteiger partial charge is 0.497 e. The highest BCUT2D eigenvalue weighted by atomic mass is 32.2. The van der Waals surface area contributed by atoms with Gasteiger partial charge >= 0.3 is 0 Å². The van der Waals surface area contributed by atoms with Gasteiger partial charge in [-0.15, -0.1) is 10.2 Å². The molecular formula is C26H27FN4O3S2. The van der Waals surface area contributed by atoms with Crippen molar-refractivity contribution in [2.24, 2.45) is 0 Å². The van der Waals surface area contributed by atoms with Crippen molar-refractivity contribution in [3.63, 3.8) is 0 Å². The van der Waals surface area contributed by atoms with Crippen molar-refractivity contribution in [2.75, 3.05) is 7.11 Å². The molecule has 1 aromatic heterocycles. The minimum Gasteiger partial charge on any atom is -0.497 e. The van der Waals surface area contributed by atoms with Crippen LogP contribution in [0.4, 0.5) is 4.39 Å². The molecule has 0 saturated heterocycles. The van der Waals surface area contributed by atoms with E-state index >= 15 is 0 Å². The van der Waals surface area contributed by atoms with Crippen LogP contribution in [0.2, 0.25) is 0 Å². The molecule has 3 aromatic carbocycles. The topological polar surface area (TPSA) is 86.1 Å². The normalized spacial score (nSPS) is 12.4. The molecule has 4 aromatic rings. The molecule has 0 aliphatic rings. The Kier molecular flexibility index (Phi) is 8.40. The Morgan fingerprint density at radius 3 is 2.42 bits per heavy atom. The summed E-state index contributed by atoms with van der Waals surface area (Å²) in [5.41, 5.74) is 2.02. The first kappa shape index (κ1) is 25.9. The van der Waals surface area contributed by atoms with Crippen LogP contribution in [0, 0.1) is 5.82 Å². The predicted molar refractivity (Wildman–Crippen MR) is 138 cm³/mol. The lowest BCUT2D eigenvalue weighted by atomic mass is 10.1. The van der Waals surface area contributed by atoms with Gasteiger partial charge < -0.3 is 9.30 Å². The van der Waals surface area contributed by atoms with Crippen LogP contribution in [0.15, 0.2) is 88.9 Å². The van der Waals surface area contributed by atoms with Gasteiger partial charge in [0.15, 0.2) is 11.0 Å². The summed E-state index contributed by atoms with van der Waals surface area (Å²) in [7, 11) is -2.31. The number of halogens is 1. The molecule has 1 atom stereocenters. The molecule has 188 valence electrons. The first-order chi connectivity index (χ1) is 17.4. The summed E-state index contributed by atoms with van der Waals surface area (Å²) in [6.45, 7) is 2.53. The van der Waals surface area contributed by atoms with Crippen molar-refractivity contribution in [2.45, 2.75) is 41.7 Å². The van der Waals surface area contributed by atoms with Gasteiger partial charge in [-0.05, 0) is 60.9 Å². The van der Waals surface area contributed by atoms with Gasteiger partial charge in [0.2, 0.25) is 10.0 Å². The Hall–Kier alpha value is -3.21. The van der Waals surface area contributed by atoms with Crippen molar-refractivity contribution < 1.29 is 17.5 Å². The Balaban J connectivity index is 1.63. The number of aromatic nitrogens is 3. The lowest BCUT2D eigenvalue weighted by Gasteiger charge is -2.19. The van der Waals surface area contributed by atoms with Gasteiger partial charge in [0, 0.05) is 12.3 Å². The number of nitrogens with one attached hydrogen (secondary N) is 1. The lowest BCUT2D eigenvalue weighted by Crippen LogP contribution is -2.32. The fraction of sp³-hybridized carbons (Fsp3) is 0.231. The minimum atomic E-state index is -3.94. The molecule has 0 aliphatic heterocycles. The van der Waals surface area contributed by atoms with Crippen LogP contribution in [-0.2, 0) is 28.7 Å². The number of sulfonamides is 1. The molecule has 0 bridgehead atoms. The fourth-order valence-corrected chi connectivity index (χ4v) is 5.92. The van der Waals surface area contributed by atoms with Crippen LogP contribution in [0.3, 0.4) is 0 Å². The molecular weight excluding hydrogens is 499 g/mol. The van der Waals surface area contributed by atoms with Crippen molar-refractivity contribution >= 4 is 21.8 Å². The molecule has 0 spiro atoms. The lowest BCUT2D eigenvalue weighted by molar-refractivity contribution is 0.414. The molecule has 7 nitrogen and oxygen atoms in total. The average molecular weight is 527 g/mol. The van der Waals surface area contributed by atoms with E-state index in [1.165, 1.54) is 23.9 Å². The van der Waals surface area contributed by atoms with E-state index < -0.39 is 21.9 Å². The SMILES string of the molecule is CCn1c(SCc2cccc(OC)c2)nnc1[C@@H](Cc1ccccc1)NS(=O)(=O)c1ccc(F)cc1. The van der Waals surface area contributed by atoms with Crippen LogP contribution >= 0.6 is 11.8 Å². The molecule has 1 heterocycles. The van der Waals surface area contributed by atoms with E-state index in [0.717, 1.165) is 29.0 Å². The highest BCUT2D eigenvalue weighted by molar-refractivity contribution is 7.98. The van der Waals surface area contributed by atoms with Gasteiger partial charge in [-0.2, -0.15) is 0 Å². The minimum absolute atomic E-state index is 0.0165. The summed E-state index contributed by atoms with van der Waals surface area (Å²) in [5, 5.41) is 9.47. The molecule has 4 rings (SSSR count). The van der Waals surface area contributed by atoms with E-state index in [4.69, 9.17) is 4.74 Å². The van der Waals surface area contributed by atoms with Crippen LogP contribution in [0.5, 0.6) is 5.75 Å². The second-order valence-corrected chi connectivity index (χ2v) is 10.7. The Labute approximate surface area is 214 Å². The van der Waals surface area contributed by atoms with Gasteiger partial charge in [0.05, 0.1) is 18.0 Å². The monoisotopic (exact) mass is 526 g/mol. The van der Waals surface area contributed by atoms with E-state index in [2.05, 4.69) is 14.9 Å². The number of hydrogen-bond acceptors (Lipinski definition) is 6. The average Bonchev–Trinajstić information content (AvgIpc) is 3.31. The molecule has 0 saturated carbocycles. The second-order valence-electron chi connectivity index (χ2n) is 8.04. The Morgan fingerprint density at radius 1 is 1.00 bits per heavy atom. The van der Waals surface area contributed by atoms with E-state index in [0.29, 0.717) is 29.7 Å². The first-order valence-corrected chi connectivity index (χ1v) is 13.9. The maximum Gasteiger partial charge on any atom is 0.241 e. The zero-order chi connectivity index (χ0) is 25.5. The van der Waals surface area contributed by atoms with Gasteiger partial charge in [-0.3, -0.25) is 0 Å². The number of rotatable bonds is 11. The molecule has 0 fully saturated rings. The molecule has 10 heteroatoms. The molecule has 0 unspecified atom stereocenters. The van der Waals surface area contributed by atoms with E-state index in [9.17, 15) is 12.8 Å². The molecule has 36 heavy (non-hydrogen) atoms. The number of methoxy groups -OCH3 is 1. The van der Waals surface area contributed by atoms with E-state index in [1.54, 1.807) is 7.11 Å². The summed E-state index contributed by atoms with van der Waals surface area (Å²) in [6, 6.07) is 21.5. The van der Waals surface area contributed by atoms with Crippen molar-refractivity contribution in [3.05, 3.63) is 102 Å². The second kappa shape index (κ2) is 11.7. The quantitative estimate of drug-likeness (QED) is 0.277. The first-order valence-electron chi connectivity index (χ1n) is 11.4. The summed E-state index contributed by atoms with van der Waals surface area (Å²) >= 11 is 1.52. The zero-order valence-electron chi connectivity index (χ0n) is 20.0. The Bertz CT molecular complexity index is 1390. The van der Waals surface area contributed by atoms with Gasteiger partial charge in [-0.25, -0.2) is 17.5 Å². The number of benzene rings is 3. The summed E-state index contributed by atoms with van der Waals surface area (Å²) in [4.78, 5) is -0.0165. The number of thioether (sulfide) groups is 1. The number of hydrogen-bond donors (Lipinski definition) is 1. The van der Waals surface area contributed by atoms with Gasteiger partial charge in [0.1, 0.15) is 11.6 Å². The van der Waals surface area contributed by atoms with Crippen LogP contribution in [0.1, 0.15) is 29.9 Å². The number of ether oxygens (including phenoxy) is 1. The third-order valence-corrected chi connectivity index (χ3v) is 8.10. The van der Waals surface area contributed by atoms with Crippen molar-refractivity contribution in [1.29, 1.82) is 0 Å². The highest BCUT2D eigenvalue weighted by Crippen LogP contribution is 2.28.